The van der Waals surface area contributed by atoms with Crippen LogP contribution in [0.5, 0.6) is 0 Å². The monoisotopic (exact) mass is 630 g/mol. The van der Waals surface area contributed by atoms with Gasteiger partial charge in [0.1, 0.15) is 12.4 Å². The average molecular weight is 631 g/mol. The van der Waals surface area contributed by atoms with E-state index < -0.39 is 29.8 Å². The van der Waals surface area contributed by atoms with Crippen LogP contribution in [0.4, 0.5) is 22.4 Å². The first-order valence-corrected chi connectivity index (χ1v) is 15.5. The Kier molecular flexibility index (Phi) is 9.22. The number of imide groups is 1. The molecule has 0 aliphatic carbocycles. The van der Waals surface area contributed by atoms with Gasteiger partial charge in [0.25, 0.3) is 0 Å². The molecule has 0 saturated carbocycles. The Labute approximate surface area is 265 Å². The van der Waals surface area contributed by atoms with Crippen molar-refractivity contribution < 1.29 is 31.9 Å². The summed E-state index contributed by atoms with van der Waals surface area (Å²) in [5, 5.41) is 0. The lowest BCUT2D eigenvalue weighted by Gasteiger charge is -2.36. The van der Waals surface area contributed by atoms with Crippen LogP contribution in [-0.2, 0) is 28.5 Å². The van der Waals surface area contributed by atoms with Crippen LogP contribution in [0, 0.1) is 5.82 Å². The second kappa shape index (κ2) is 13.5. The summed E-state index contributed by atoms with van der Waals surface area (Å²) in [6.07, 6.45) is -1.72. The number of amides is 2. The Morgan fingerprint density at radius 1 is 0.848 bits per heavy atom. The Balaban J connectivity index is 1.37. The summed E-state index contributed by atoms with van der Waals surface area (Å²) in [6, 6.07) is 25.7. The third kappa shape index (κ3) is 6.99. The number of cyclic esters (lactones) is 1. The predicted octanol–water partition coefficient (Wildman–Crippen LogP) is 8.22. The fraction of sp³-hybridized carbons (Fsp3) is 0.297. The fourth-order valence-electron chi connectivity index (χ4n) is 6.51. The van der Waals surface area contributed by atoms with Crippen LogP contribution >= 0.6 is 0 Å². The Hall–Kier alpha value is -4.50. The lowest BCUT2D eigenvalue weighted by Crippen LogP contribution is -2.41. The van der Waals surface area contributed by atoms with Gasteiger partial charge in [-0.2, -0.15) is 13.2 Å². The summed E-state index contributed by atoms with van der Waals surface area (Å²) in [6.45, 7) is 1.73. The van der Waals surface area contributed by atoms with E-state index >= 15 is 0 Å². The number of benzene rings is 4. The zero-order valence-corrected chi connectivity index (χ0v) is 25.2. The van der Waals surface area contributed by atoms with Crippen LogP contribution in [0.15, 0.2) is 97.1 Å². The Morgan fingerprint density at radius 2 is 1.54 bits per heavy atom. The summed E-state index contributed by atoms with van der Waals surface area (Å²) in [5.41, 5.74) is 3.76. The first-order chi connectivity index (χ1) is 22.2. The quantitative estimate of drug-likeness (QED) is 0.184. The highest BCUT2D eigenvalue weighted by atomic mass is 19.4. The molecule has 2 saturated heterocycles. The summed E-state index contributed by atoms with van der Waals surface area (Å²) < 4.78 is 59.6. The van der Waals surface area contributed by atoms with Crippen LogP contribution in [0.25, 0.3) is 11.1 Å². The van der Waals surface area contributed by atoms with Crippen molar-refractivity contribution >= 4 is 12.0 Å². The molecule has 6 rings (SSSR count). The van der Waals surface area contributed by atoms with E-state index in [0.717, 1.165) is 61.2 Å². The van der Waals surface area contributed by atoms with Crippen LogP contribution < -0.4 is 0 Å². The lowest BCUT2D eigenvalue weighted by molar-refractivity contribution is -0.137. The summed E-state index contributed by atoms with van der Waals surface area (Å²) in [4.78, 5) is 29.8. The van der Waals surface area contributed by atoms with E-state index in [1.165, 1.54) is 29.2 Å². The standard InChI is InChI=1S/C37H34F4N2O3/c38-30-16-12-28(13-17-30)35(42-19-5-2-6-20-42)32-18-9-26(22-33(32)27-10-14-29(15-11-27)37(39,40)41)23-34(44)43-31(24-46-36(43)45)21-25-7-3-1-4-8-25/h1,3-4,7-18,22,31,35H,2,5-6,19-21,23-24H2/t31-,35?/m1/s1. The van der Waals surface area contributed by atoms with Crippen molar-refractivity contribution in [2.24, 2.45) is 0 Å². The van der Waals surface area contributed by atoms with Crippen molar-refractivity contribution in [1.82, 2.24) is 9.80 Å². The van der Waals surface area contributed by atoms with E-state index in [1.807, 2.05) is 48.5 Å². The Morgan fingerprint density at radius 3 is 2.22 bits per heavy atom. The molecule has 9 heteroatoms. The molecule has 2 aliphatic heterocycles. The summed E-state index contributed by atoms with van der Waals surface area (Å²) >= 11 is 0. The molecule has 2 amide bonds. The molecule has 0 N–H and O–H groups in total. The van der Waals surface area contributed by atoms with E-state index in [0.29, 0.717) is 23.1 Å². The highest BCUT2D eigenvalue weighted by molar-refractivity contribution is 5.94. The molecule has 46 heavy (non-hydrogen) atoms. The number of hydrogen-bond donors (Lipinski definition) is 0. The maximum absolute atomic E-state index is 14.0. The van der Waals surface area contributed by atoms with Crippen molar-refractivity contribution in [3.63, 3.8) is 0 Å². The summed E-state index contributed by atoms with van der Waals surface area (Å²) in [7, 11) is 0. The Bertz CT molecular complexity index is 1670. The van der Waals surface area contributed by atoms with Gasteiger partial charge in [-0.05, 0) is 90.0 Å². The predicted molar refractivity (Wildman–Crippen MR) is 166 cm³/mol. The van der Waals surface area contributed by atoms with Crippen molar-refractivity contribution in [2.45, 2.75) is 50.4 Å². The molecule has 4 aromatic carbocycles. The number of nitrogens with zero attached hydrogens (tertiary/aromatic N) is 2. The van der Waals surface area contributed by atoms with Gasteiger partial charge in [0.05, 0.1) is 24.1 Å². The number of piperidine rings is 1. The van der Waals surface area contributed by atoms with Crippen LogP contribution in [0.1, 0.15) is 53.1 Å². The number of carbonyl (C=O) groups excluding carboxylic acids is 2. The third-order valence-electron chi connectivity index (χ3n) is 8.78. The molecule has 0 radical (unpaired) electrons. The normalized spacial score (nSPS) is 18.0. The van der Waals surface area contributed by atoms with Gasteiger partial charge < -0.3 is 4.74 Å². The molecule has 1 unspecified atom stereocenters. The van der Waals surface area contributed by atoms with E-state index in [9.17, 15) is 27.2 Å². The van der Waals surface area contributed by atoms with Gasteiger partial charge in [-0.15, -0.1) is 0 Å². The highest BCUT2D eigenvalue weighted by Crippen LogP contribution is 2.39. The van der Waals surface area contributed by atoms with Gasteiger partial charge in [-0.25, -0.2) is 14.1 Å². The number of carbonyl (C=O) groups is 2. The van der Waals surface area contributed by atoms with Gasteiger partial charge >= 0.3 is 12.3 Å². The van der Waals surface area contributed by atoms with Gasteiger partial charge in [-0.1, -0.05) is 79.2 Å². The van der Waals surface area contributed by atoms with Crippen molar-refractivity contribution in [2.75, 3.05) is 19.7 Å². The molecule has 2 fully saturated rings. The number of alkyl halides is 3. The second-order valence-corrected chi connectivity index (χ2v) is 11.9. The third-order valence-corrected chi connectivity index (χ3v) is 8.78. The van der Waals surface area contributed by atoms with Crippen molar-refractivity contribution in [3.8, 4) is 11.1 Å². The van der Waals surface area contributed by atoms with Crippen molar-refractivity contribution in [3.05, 3.63) is 131 Å². The van der Waals surface area contributed by atoms with Crippen LogP contribution in [0.2, 0.25) is 0 Å². The van der Waals surface area contributed by atoms with Gasteiger partial charge in [0, 0.05) is 0 Å². The molecule has 0 bridgehead atoms. The molecule has 238 valence electrons. The SMILES string of the molecule is O=C(Cc1ccc(C(c2ccc(F)cc2)N2CCCCC2)c(-c2ccc(C(F)(F)F)cc2)c1)N1C(=O)OC[C@H]1Cc1ccccc1. The molecular weight excluding hydrogens is 596 g/mol. The van der Waals surface area contributed by atoms with E-state index in [2.05, 4.69) is 4.90 Å². The maximum Gasteiger partial charge on any atom is 0.416 e. The minimum absolute atomic E-state index is 0.0980. The first kappa shape index (κ1) is 31.5. The maximum atomic E-state index is 14.0. The molecule has 0 aromatic heterocycles. The molecule has 4 aromatic rings. The molecular formula is C37H34F4N2O3. The average Bonchev–Trinajstić information content (AvgIpc) is 3.42. The molecule has 0 spiro atoms. The number of likely N-dealkylation sites (tertiary alicyclic amines) is 1. The fourth-order valence-corrected chi connectivity index (χ4v) is 6.51. The largest absolute Gasteiger partial charge is 0.447 e. The van der Waals surface area contributed by atoms with E-state index in [-0.39, 0.29) is 24.9 Å². The van der Waals surface area contributed by atoms with Crippen LogP contribution in [0.3, 0.4) is 0 Å². The van der Waals surface area contributed by atoms with E-state index in [4.69, 9.17) is 4.74 Å². The molecule has 5 nitrogen and oxygen atoms in total. The number of ether oxygens (including phenoxy) is 1. The lowest BCUT2D eigenvalue weighted by atomic mass is 9.87. The number of halogens is 4. The topological polar surface area (TPSA) is 49.9 Å². The highest BCUT2D eigenvalue weighted by Gasteiger charge is 2.38. The number of rotatable bonds is 8. The zero-order chi connectivity index (χ0) is 32.3. The minimum Gasteiger partial charge on any atom is -0.447 e. The second-order valence-electron chi connectivity index (χ2n) is 11.9. The molecule has 2 heterocycles. The van der Waals surface area contributed by atoms with Gasteiger partial charge in [0.2, 0.25) is 5.91 Å². The van der Waals surface area contributed by atoms with E-state index in [1.54, 1.807) is 12.1 Å². The van der Waals surface area contributed by atoms with Crippen molar-refractivity contribution in [1.29, 1.82) is 0 Å². The first-order valence-electron chi connectivity index (χ1n) is 15.5. The molecule has 2 aliphatic rings. The van der Waals surface area contributed by atoms with Crippen LogP contribution in [-0.4, -0.2) is 47.5 Å². The van der Waals surface area contributed by atoms with Gasteiger partial charge in [-0.3, -0.25) is 9.69 Å². The number of hydrogen-bond acceptors (Lipinski definition) is 4. The van der Waals surface area contributed by atoms with Gasteiger partial charge in [0.15, 0.2) is 0 Å². The minimum atomic E-state index is -4.49. The zero-order valence-electron chi connectivity index (χ0n) is 25.2. The smallest absolute Gasteiger partial charge is 0.416 e. The molecule has 2 atom stereocenters. The summed E-state index contributed by atoms with van der Waals surface area (Å²) in [5.74, 6) is -0.773.